The van der Waals surface area contributed by atoms with Crippen molar-refractivity contribution in [3.05, 3.63) is 69.8 Å². The quantitative estimate of drug-likeness (QED) is 0.360. The molecule has 1 heterocycles. The Balaban J connectivity index is 1.87. The third-order valence-electron chi connectivity index (χ3n) is 6.58. The van der Waals surface area contributed by atoms with E-state index < -0.39 is 17.7 Å². The van der Waals surface area contributed by atoms with E-state index >= 15 is 0 Å². The van der Waals surface area contributed by atoms with Crippen molar-refractivity contribution in [1.82, 2.24) is 4.90 Å². The smallest absolute Gasteiger partial charge is 0.295 e. The second-order valence-corrected chi connectivity index (χ2v) is 8.85. The minimum Gasteiger partial charge on any atom is -0.507 e. The molecule has 1 unspecified atom stereocenters. The molecule has 4 rings (SSSR count). The SMILES string of the molecule is CCc1ccc(C2/C(=C(/O)c3ccc(Cl)c(OC)c3)C(=O)C(=O)N2C2CCCCC2)cc1. The number of benzene rings is 2. The first-order valence-corrected chi connectivity index (χ1v) is 11.6. The summed E-state index contributed by atoms with van der Waals surface area (Å²) >= 11 is 6.14. The normalized spacial score (nSPS) is 21.2. The van der Waals surface area contributed by atoms with Gasteiger partial charge in [-0.25, -0.2) is 0 Å². The van der Waals surface area contributed by atoms with E-state index in [4.69, 9.17) is 16.3 Å². The van der Waals surface area contributed by atoms with Crippen LogP contribution in [0.25, 0.3) is 5.76 Å². The topological polar surface area (TPSA) is 66.8 Å². The highest BCUT2D eigenvalue weighted by atomic mass is 35.5. The summed E-state index contributed by atoms with van der Waals surface area (Å²) < 4.78 is 5.27. The lowest BCUT2D eigenvalue weighted by atomic mass is 9.90. The maximum absolute atomic E-state index is 13.2. The molecule has 5 nitrogen and oxygen atoms in total. The number of likely N-dealkylation sites (tertiary alicyclic amines) is 1. The number of hydrogen-bond donors (Lipinski definition) is 1. The Bertz CT molecular complexity index is 1050. The average Bonchev–Trinajstić information content (AvgIpc) is 3.10. The number of carbonyl (C=O) groups is 2. The van der Waals surface area contributed by atoms with Gasteiger partial charge in [0.25, 0.3) is 11.7 Å². The third-order valence-corrected chi connectivity index (χ3v) is 6.89. The van der Waals surface area contributed by atoms with Gasteiger partial charge in [0.1, 0.15) is 11.5 Å². The number of halogens is 1. The predicted molar refractivity (Wildman–Crippen MR) is 125 cm³/mol. The van der Waals surface area contributed by atoms with Crippen molar-refractivity contribution in [3.8, 4) is 5.75 Å². The van der Waals surface area contributed by atoms with Crippen LogP contribution >= 0.6 is 11.6 Å². The Kier molecular flexibility index (Phi) is 6.56. The molecule has 1 amide bonds. The molecule has 2 aliphatic rings. The summed E-state index contributed by atoms with van der Waals surface area (Å²) in [7, 11) is 1.49. The number of aliphatic hydroxyl groups excluding tert-OH is 1. The Morgan fingerprint density at radius 2 is 1.78 bits per heavy atom. The first-order valence-electron chi connectivity index (χ1n) is 11.2. The Hall–Kier alpha value is -2.79. The van der Waals surface area contributed by atoms with Crippen LogP contribution in [0.2, 0.25) is 5.02 Å². The van der Waals surface area contributed by atoms with Gasteiger partial charge < -0.3 is 14.7 Å². The van der Waals surface area contributed by atoms with E-state index in [-0.39, 0.29) is 17.4 Å². The fourth-order valence-electron chi connectivity index (χ4n) is 4.81. The number of carbonyl (C=O) groups excluding carboxylic acids is 2. The number of hydrogen-bond acceptors (Lipinski definition) is 4. The molecule has 32 heavy (non-hydrogen) atoms. The van der Waals surface area contributed by atoms with Crippen molar-refractivity contribution >= 4 is 29.1 Å². The molecule has 1 aliphatic carbocycles. The molecule has 0 radical (unpaired) electrons. The molecule has 2 aromatic rings. The molecule has 1 aliphatic heterocycles. The lowest BCUT2D eigenvalue weighted by molar-refractivity contribution is -0.141. The van der Waals surface area contributed by atoms with Gasteiger partial charge in [-0.2, -0.15) is 0 Å². The van der Waals surface area contributed by atoms with Crippen molar-refractivity contribution in [3.63, 3.8) is 0 Å². The highest BCUT2D eigenvalue weighted by molar-refractivity contribution is 6.46. The zero-order valence-corrected chi connectivity index (χ0v) is 19.2. The Morgan fingerprint density at radius 1 is 1.09 bits per heavy atom. The maximum Gasteiger partial charge on any atom is 0.295 e. The van der Waals surface area contributed by atoms with Crippen molar-refractivity contribution in [2.75, 3.05) is 7.11 Å². The van der Waals surface area contributed by atoms with Crippen LogP contribution in [0.4, 0.5) is 0 Å². The minimum atomic E-state index is -0.647. The lowest BCUT2D eigenvalue weighted by Crippen LogP contribution is -2.40. The number of amides is 1. The van der Waals surface area contributed by atoms with Crippen LogP contribution < -0.4 is 4.74 Å². The van der Waals surface area contributed by atoms with E-state index in [1.54, 1.807) is 23.1 Å². The summed E-state index contributed by atoms with van der Waals surface area (Å²) in [6.07, 6.45) is 5.83. The van der Waals surface area contributed by atoms with Crippen molar-refractivity contribution < 1.29 is 19.4 Å². The van der Waals surface area contributed by atoms with Crippen LogP contribution in [-0.2, 0) is 16.0 Å². The summed E-state index contributed by atoms with van der Waals surface area (Å²) in [5.41, 5.74) is 2.51. The summed E-state index contributed by atoms with van der Waals surface area (Å²) in [5, 5.41) is 11.7. The lowest BCUT2D eigenvalue weighted by Gasteiger charge is -2.35. The van der Waals surface area contributed by atoms with E-state index in [0.29, 0.717) is 16.3 Å². The highest BCUT2D eigenvalue weighted by Crippen LogP contribution is 2.43. The van der Waals surface area contributed by atoms with Crippen molar-refractivity contribution in [1.29, 1.82) is 0 Å². The van der Waals surface area contributed by atoms with E-state index in [9.17, 15) is 14.7 Å². The molecule has 2 aromatic carbocycles. The van der Waals surface area contributed by atoms with Gasteiger partial charge in [0.15, 0.2) is 0 Å². The van der Waals surface area contributed by atoms with Gasteiger partial charge in [0.2, 0.25) is 0 Å². The van der Waals surface area contributed by atoms with Gasteiger partial charge in [-0.15, -0.1) is 0 Å². The number of ketones is 1. The molecule has 1 atom stereocenters. The number of aliphatic hydroxyl groups is 1. The van der Waals surface area contributed by atoms with Crippen LogP contribution in [0.15, 0.2) is 48.0 Å². The fourth-order valence-corrected chi connectivity index (χ4v) is 5.01. The summed E-state index contributed by atoms with van der Waals surface area (Å²) in [4.78, 5) is 28.2. The van der Waals surface area contributed by atoms with E-state index in [0.717, 1.165) is 44.1 Å². The highest BCUT2D eigenvalue weighted by Gasteiger charge is 2.48. The summed E-state index contributed by atoms with van der Waals surface area (Å²) in [6, 6.07) is 12.1. The number of ether oxygens (including phenoxy) is 1. The van der Waals surface area contributed by atoms with Crippen molar-refractivity contribution in [2.45, 2.75) is 57.5 Å². The second kappa shape index (κ2) is 9.37. The van der Waals surface area contributed by atoms with E-state index in [2.05, 4.69) is 6.92 Å². The zero-order valence-electron chi connectivity index (χ0n) is 18.4. The van der Waals surface area contributed by atoms with Crippen molar-refractivity contribution in [2.24, 2.45) is 0 Å². The molecular formula is C26H28ClNO4. The van der Waals surface area contributed by atoms with Crippen LogP contribution in [0.5, 0.6) is 5.75 Å². The van der Waals surface area contributed by atoms with E-state index in [1.165, 1.54) is 12.7 Å². The number of rotatable bonds is 5. The minimum absolute atomic E-state index is 0.0129. The summed E-state index contributed by atoms with van der Waals surface area (Å²) in [5.74, 6) is -1.00. The average molecular weight is 454 g/mol. The molecule has 0 spiro atoms. The van der Waals surface area contributed by atoms with Gasteiger partial charge in [-0.3, -0.25) is 9.59 Å². The largest absolute Gasteiger partial charge is 0.507 e. The van der Waals surface area contributed by atoms with Crippen LogP contribution in [0.3, 0.4) is 0 Å². The van der Waals surface area contributed by atoms with Crippen LogP contribution in [-0.4, -0.2) is 34.8 Å². The second-order valence-electron chi connectivity index (χ2n) is 8.44. The number of methoxy groups -OCH3 is 1. The Morgan fingerprint density at radius 3 is 2.41 bits per heavy atom. The zero-order chi connectivity index (χ0) is 22.8. The molecule has 168 valence electrons. The Labute approximate surface area is 193 Å². The van der Waals surface area contributed by atoms with Gasteiger partial charge >= 0.3 is 0 Å². The van der Waals surface area contributed by atoms with Crippen LogP contribution in [0, 0.1) is 0 Å². The molecule has 0 bridgehead atoms. The standard InChI is InChI=1S/C26H28ClNO4/c1-3-16-9-11-17(12-10-16)23-22(24(29)18-13-14-20(27)21(15-18)32-2)25(30)26(31)28(23)19-7-5-4-6-8-19/h9-15,19,23,29H,3-8H2,1-2H3/b24-22-. The van der Waals surface area contributed by atoms with Gasteiger partial charge in [0, 0.05) is 11.6 Å². The van der Waals surface area contributed by atoms with Crippen LogP contribution in [0.1, 0.15) is 61.8 Å². The molecule has 2 fully saturated rings. The molecule has 6 heteroatoms. The van der Waals surface area contributed by atoms with Gasteiger partial charge in [0.05, 0.1) is 23.7 Å². The monoisotopic (exact) mass is 453 g/mol. The van der Waals surface area contributed by atoms with Gasteiger partial charge in [-0.05, 0) is 48.6 Å². The predicted octanol–water partition coefficient (Wildman–Crippen LogP) is 5.67. The van der Waals surface area contributed by atoms with E-state index in [1.807, 2.05) is 24.3 Å². The first-order chi connectivity index (χ1) is 15.5. The van der Waals surface area contributed by atoms with Gasteiger partial charge in [-0.1, -0.05) is 62.1 Å². The molecular weight excluding hydrogens is 426 g/mol. The molecule has 1 saturated carbocycles. The molecule has 1 saturated heterocycles. The molecule has 0 aromatic heterocycles. The number of aryl methyl sites for hydroxylation is 1. The molecule has 1 N–H and O–H groups in total. The number of Topliss-reactive ketones (excluding diaryl/α,β-unsaturated/α-hetero) is 1. The summed E-state index contributed by atoms with van der Waals surface area (Å²) in [6.45, 7) is 2.08. The first kappa shape index (κ1) is 22.4. The maximum atomic E-state index is 13.2. The number of nitrogens with zero attached hydrogens (tertiary/aromatic N) is 1. The third kappa shape index (κ3) is 4.02. The fraction of sp³-hybridized carbons (Fsp3) is 0.385.